The number of ether oxygens (including phenoxy) is 1. The Bertz CT molecular complexity index is 433. The number of benzene rings is 1. The molecule has 18 heavy (non-hydrogen) atoms. The van der Waals surface area contributed by atoms with Gasteiger partial charge in [-0.1, -0.05) is 0 Å². The van der Waals surface area contributed by atoms with E-state index in [0.717, 1.165) is 5.56 Å². The average molecular weight is 271 g/mol. The van der Waals surface area contributed by atoms with E-state index in [2.05, 4.69) is 4.72 Å². The Balaban J connectivity index is 2.20. The highest BCUT2D eigenvalue weighted by Gasteiger charge is 2.32. The Morgan fingerprint density at radius 3 is 2.83 bits per heavy atom. The molecule has 0 fully saturated rings. The lowest BCUT2D eigenvalue weighted by atomic mass is 10.0. The number of halogens is 1. The zero-order valence-electron chi connectivity index (χ0n) is 10.8. The normalized spacial score (nSPS) is 21.1. The molecule has 1 aromatic rings. The maximum atomic E-state index is 13.3. The minimum absolute atomic E-state index is 0.121. The molecule has 0 saturated heterocycles. The summed E-state index contributed by atoms with van der Waals surface area (Å²) < 4.78 is 33.6. The van der Waals surface area contributed by atoms with Gasteiger partial charge in [0.05, 0.1) is 12.6 Å². The molecular weight excluding hydrogens is 253 g/mol. The lowest BCUT2D eigenvalue weighted by molar-refractivity contribution is 0.261. The van der Waals surface area contributed by atoms with E-state index in [1.54, 1.807) is 6.07 Å². The lowest BCUT2D eigenvalue weighted by Gasteiger charge is -2.31. The van der Waals surface area contributed by atoms with Gasteiger partial charge in [-0.3, -0.25) is 0 Å². The molecule has 3 nitrogen and oxygen atoms in total. The predicted octanol–water partition coefficient (Wildman–Crippen LogP) is 2.70. The largest absolute Gasteiger partial charge is 0.598 e. The van der Waals surface area contributed by atoms with Crippen molar-refractivity contribution in [1.29, 1.82) is 0 Å². The average Bonchev–Trinajstić information content (AvgIpc) is 2.28. The standard InChI is InChI=1S/C13H18FNO2S/c1-13(2,3)18(16)15-11-6-7-17-12-5-4-9(14)8-10(11)12/h4-5,8,11,15H,6-7H2,1-3H3. The molecule has 0 aromatic heterocycles. The zero-order valence-corrected chi connectivity index (χ0v) is 11.6. The van der Waals surface area contributed by atoms with E-state index in [1.165, 1.54) is 12.1 Å². The van der Waals surface area contributed by atoms with Crippen molar-refractivity contribution in [2.75, 3.05) is 6.61 Å². The fourth-order valence-corrected chi connectivity index (χ4v) is 2.65. The molecule has 1 aliphatic heterocycles. The van der Waals surface area contributed by atoms with Crippen LogP contribution in [0.5, 0.6) is 5.75 Å². The first-order valence-corrected chi connectivity index (χ1v) is 7.13. The topological polar surface area (TPSA) is 44.3 Å². The summed E-state index contributed by atoms with van der Waals surface area (Å²) in [5.41, 5.74) is 0.749. The monoisotopic (exact) mass is 271 g/mol. The molecule has 0 saturated carbocycles. The van der Waals surface area contributed by atoms with Crippen molar-refractivity contribution in [1.82, 2.24) is 4.72 Å². The molecule has 0 spiro atoms. The fraction of sp³-hybridized carbons (Fsp3) is 0.538. The molecular formula is C13H18FNO2S. The van der Waals surface area contributed by atoms with Crippen molar-refractivity contribution in [2.24, 2.45) is 0 Å². The van der Waals surface area contributed by atoms with Crippen LogP contribution in [-0.2, 0) is 11.4 Å². The van der Waals surface area contributed by atoms with Crippen LogP contribution in [0.4, 0.5) is 4.39 Å². The summed E-state index contributed by atoms with van der Waals surface area (Å²) in [5.74, 6) is 0.374. The molecule has 2 atom stereocenters. The van der Waals surface area contributed by atoms with Gasteiger partial charge in [-0.25, -0.2) is 4.39 Å². The van der Waals surface area contributed by atoms with Crippen molar-refractivity contribution in [3.8, 4) is 5.75 Å². The van der Waals surface area contributed by atoms with Crippen LogP contribution < -0.4 is 9.46 Å². The summed E-state index contributed by atoms with van der Waals surface area (Å²) in [6, 6.07) is 4.33. The second kappa shape index (κ2) is 5.07. The maximum absolute atomic E-state index is 13.3. The lowest BCUT2D eigenvalue weighted by Crippen LogP contribution is -2.42. The quantitative estimate of drug-likeness (QED) is 0.841. The SMILES string of the molecule is CC(C)(C)[S+]([O-])NC1CCOc2ccc(F)cc21. The zero-order chi connectivity index (χ0) is 13.3. The molecule has 5 heteroatoms. The van der Waals surface area contributed by atoms with Crippen LogP contribution in [0, 0.1) is 5.82 Å². The molecule has 0 radical (unpaired) electrons. The maximum Gasteiger partial charge on any atom is 0.136 e. The van der Waals surface area contributed by atoms with Gasteiger partial charge in [0.25, 0.3) is 0 Å². The molecule has 2 unspecified atom stereocenters. The smallest absolute Gasteiger partial charge is 0.136 e. The first-order chi connectivity index (χ1) is 8.38. The summed E-state index contributed by atoms with van der Waals surface area (Å²) in [6.45, 7) is 6.27. The first-order valence-electron chi connectivity index (χ1n) is 5.98. The fourth-order valence-electron chi connectivity index (χ4n) is 1.79. The highest BCUT2D eigenvalue weighted by Crippen LogP contribution is 2.33. The van der Waals surface area contributed by atoms with Gasteiger partial charge < -0.3 is 9.29 Å². The molecule has 1 N–H and O–H groups in total. The van der Waals surface area contributed by atoms with E-state index in [4.69, 9.17) is 4.74 Å². The van der Waals surface area contributed by atoms with Crippen LogP contribution in [0.1, 0.15) is 38.8 Å². The minimum atomic E-state index is -1.18. The Morgan fingerprint density at radius 2 is 2.17 bits per heavy atom. The van der Waals surface area contributed by atoms with Crippen LogP contribution in [0.15, 0.2) is 18.2 Å². The number of hydrogen-bond acceptors (Lipinski definition) is 3. The van der Waals surface area contributed by atoms with Crippen molar-refractivity contribution >= 4 is 11.4 Å². The first kappa shape index (κ1) is 13.6. The van der Waals surface area contributed by atoms with Crippen LogP contribution in [0.3, 0.4) is 0 Å². The molecule has 2 rings (SSSR count). The van der Waals surface area contributed by atoms with Crippen molar-refractivity contribution in [2.45, 2.75) is 38.0 Å². The van der Waals surface area contributed by atoms with E-state index in [1.807, 2.05) is 20.8 Å². The molecule has 1 aromatic carbocycles. The molecule has 100 valence electrons. The summed E-state index contributed by atoms with van der Waals surface area (Å²) in [4.78, 5) is 0. The summed E-state index contributed by atoms with van der Waals surface area (Å²) in [7, 11) is 0. The highest BCUT2D eigenvalue weighted by molar-refractivity contribution is 7.90. The van der Waals surface area contributed by atoms with Crippen LogP contribution in [-0.4, -0.2) is 15.9 Å². The Hall–Kier alpha value is -0.780. The van der Waals surface area contributed by atoms with Crippen molar-refractivity contribution < 1.29 is 13.7 Å². The number of rotatable bonds is 2. The van der Waals surface area contributed by atoms with Crippen LogP contribution in [0.2, 0.25) is 0 Å². The van der Waals surface area contributed by atoms with Crippen molar-refractivity contribution in [3.63, 3.8) is 0 Å². The van der Waals surface area contributed by atoms with E-state index in [0.29, 0.717) is 18.8 Å². The third-order valence-corrected chi connectivity index (χ3v) is 4.43. The molecule has 0 bridgehead atoms. The Morgan fingerprint density at radius 1 is 1.44 bits per heavy atom. The third-order valence-electron chi connectivity index (χ3n) is 2.82. The third kappa shape index (κ3) is 2.96. The summed E-state index contributed by atoms with van der Waals surface area (Å²) >= 11 is -1.18. The van der Waals surface area contributed by atoms with Gasteiger partial charge in [-0.2, -0.15) is 0 Å². The van der Waals surface area contributed by atoms with Gasteiger partial charge in [0.1, 0.15) is 16.3 Å². The molecule has 0 amide bonds. The highest BCUT2D eigenvalue weighted by atomic mass is 32.2. The van der Waals surface area contributed by atoms with Gasteiger partial charge in [-0.15, -0.1) is 4.72 Å². The van der Waals surface area contributed by atoms with Gasteiger partial charge in [0.2, 0.25) is 0 Å². The van der Waals surface area contributed by atoms with Crippen LogP contribution in [0.25, 0.3) is 0 Å². The molecule has 0 aliphatic carbocycles. The van der Waals surface area contributed by atoms with Gasteiger partial charge in [0.15, 0.2) is 0 Å². The van der Waals surface area contributed by atoms with Gasteiger partial charge in [0, 0.05) is 23.3 Å². The second-order valence-electron chi connectivity index (χ2n) is 5.37. The van der Waals surface area contributed by atoms with E-state index < -0.39 is 11.4 Å². The Kier molecular flexibility index (Phi) is 3.84. The predicted molar refractivity (Wildman–Crippen MR) is 70.3 cm³/mol. The number of nitrogens with one attached hydrogen (secondary N) is 1. The van der Waals surface area contributed by atoms with E-state index in [-0.39, 0.29) is 16.6 Å². The molecule has 1 aliphatic rings. The van der Waals surface area contributed by atoms with Gasteiger partial charge >= 0.3 is 0 Å². The molecule has 1 heterocycles. The van der Waals surface area contributed by atoms with Crippen LogP contribution >= 0.6 is 0 Å². The summed E-state index contributed by atoms with van der Waals surface area (Å²) in [6.07, 6.45) is 0.693. The second-order valence-corrected chi connectivity index (χ2v) is 7.37. The summed E-state index contributed by atoms with van der Waals surface area (Å²) in [5, 5.41) is 0. The Labute approximate surface area is 110 Å². The van der Waals surface area contributed by atoms with Gasteiger partial charge in [-0.05, 0) is 39.0 Å². The minimum Gasteiger partial charge on any atom is -0.598 e. The van der Waals surface area contributed by atoms with E-state index >= 15 is 0 Å². The number of hydrogen-bond donors (Lipinski definition) is 1. The van der Waals surface area contributed by atoms with Crippen molar-refractivity contribution in [3.05, 3.63) is 29.6 Å². The van der Waals surface area contributed by atoms with E-state index in [9.17, 15) is 8.94 Å². The number of fused-ring (bicyclic) bond motifs is 1.